The van der Waals surface area contributed by atoms with Gasteiger partial charge in [0.2, 0.25) is 6.41 Å². The zero-order valence-electron chi connectivity index (χ0n) is 11.9. The zero-order valence-corrected chi connectivity index (χ0v) is 13.5. The maximum Gasteiger partial charge on any atom is 0.255 e. The molecule has 6 heteroatoms. The van der Waals surface area contributed by atoms with Gasteiger partial charge in [-0.2, -0.15) is 0 Å². The quantitative estimate of drug-likeness (QED) is 0.770. The Morgan fingerprint density at radius 1 is 1.23 bits per heavy atom. The van der Waals surface area contributed by atoms with Crippen molar-refractivity contribution >= 4 is 39.6 Å². The van der Waals surface area contributed by atoms with Gasteiger partial charge in [0.25, 0.3) is 5.91 Å². The topological polar surface area (TPSA) is 67.4 Å². The van der Waals surface area contributed by atoms with Crippen molar-refractivity contribution in [3.63, 3.8) is 0 Å². The van der Waals surface area contributed by atoms with E-state index in [-0.39, 0.29) is 5.91 Å². The van der Waals surface area contributed by atoms with E-state index in [4.69, 9.17) is 4.74 Å². The highest BCUT2D eigenvalue weighted by molar-refractivity contribution is 9.10. The first-order valence-electron chi connectivity index (χ1n) is 6.68. The molecule has 0 heterocycles. The molecule has 0 bridgehead atoms. The molecule has 0 aliphatic rings. The highest BCUT2D eigenvalue weighted by Gasteiger charge is 2.10. The number of amides is 2. The van der Waals surface area contributed by atoms with Crippen LogP contribution >= 0.6 is 15.9 Å². The minimum Gasteiger partial charge on any atom is -0.492 e. The molecule has 0 unspecified atom stereocenters. The van der Waals surface area contributed by atoms with Crippen LogP contribution in [0.3, 0.4) is 0 Å². The molecule has 22 heavy (non-hydrogen) atoms. The number of hydrogen-bond acceptors (Lipinski definition) is 3. The molecule has 5 nitrogen and oxygen atoms in total. The summed E-state index contributed by atoms with van der Waals surface area (Å²) < 4.78 is 6.34. The van der Waals surface area contributed by atoms with Gasteiger partial charge in [0, 0.05) is 15.7 Å². The second-order valence-electron chi connectivity index (χ2n) is 4.37. The molecule has 2 amide bonds. The van der Waals surface area contributed by atoms with Crippen molar-refractivity contribution in [2.45, 2.75) is 6.92 Å². The Labute approximate surface area is 136 Å². The number of halogens is 1. The number of nitrogens with one attached hydrogen (secondary N) is 2. The minimum absolute atomic E-state index is 0.253. The SMILES string of the molecule is CCOc1ccc(Br)cc1NC(=O)c1ccc(NC=O)cc1. The van der Waals surface area contributed by atoms with Crippen LogP contribution in [0.25, 0.3) is 0 Å². The van der Waals surface area contributed by atoms with Crippen molar-refractivity contribution in [3.05, 3.63) is 52.5 Å². The third kappa shape index (κ3) is 4.08. The van der Waals surface area contributed by atoms with Crippen LogP contribution in [0, 0.1) is 0 Å². The highest BCUT2D eigenvalue weighted by Crippen LogP contribution is 2.28. The van der Waals surface area contributed by atoms with Crippen LogP contribution in [-0.4, -0.2) is 18.9 Å². The number of carbonyl (C=O) groups excluding carboxylic acids is 2. The van der Waals surface area contributed by atoms with E-state index in [1.165, 1.54) is 0 Å². The third-order valence-corrected chi connectivity index (χ3v) is 3.36. The molecule has 0 atom stereocenters. The van der Waals surface area contributed by atoms with Crippen molar-refractivity contribution in [2.24, 2.45) is 0 Å². The van der Waals surface area contributed by atoms with Gasteiger partial charge in [-0.05, 0) is 49.4 Å². The molecule has 2 rings (SSSR count). The van der Waals surface area contributed by atoms with Gasteiger partial charge in [-0.1, -0.05) is 15.9 Å². The predicted molar refractivity (Wildman–Crippen MR) is 89.4 cm³/mol. The average Bonchev–Trinajstić information content (AvgIpc) is 2.51. The molecule has 0 radical (unpaired) electrons. The lowest BCUT2D eigenvalue weighted by molar-refractivity contribution is -0.105. The van der Waals surface area contributed by atoms with E-state index in [2.05, 4.69) is 26.6 Å². The summed E-state index contributed by atoms with van der Waals surface area (Å²) in [5.74, 6) is 0.356. The van der Waals surface area contributed by atoms with Gasteiger partial charge in [0.15, 0.2) is 0 Å². The number of hydrogen-bond donors (Lipinski definition) is 2. The maximum absolute atomic E-state index is 12.3. The molecule has 0 saturated carbocycles. The largest absolute Gasteiger partial charge is 0.492 e. The number of ether oxygens (including phenoxy) is 1. The Morgan fingerprint density at radius 3 is 2.59 bits per heavy atom. The standard InChI is InChI=1S/C16H15BrN2O3/c1-2-22-15-8-5-12(17)9-14(15)19-16(21)11-3-6-13(7-4-11)18-10-20/h3-10H,2H2,1H3,(H,18,20)(H,19,21). The van der Waals surface area contributed by atoms with Gasteiger partial charge in [-0.3, -0.25) is 9.59 Å². The van der Waals surface area contributed by atoms with E-state index in [0.29, 0.717) is 35.7 Å². The number of carbonyl (C=O) groups is 2. The summed E-state index contributed by atoms with van der Waals surface area (Å²) >= 11 is 3.37. The van der Waals surface area contributed by atoms with Crippen LogP contribution < -0.4 is 15.4 Å². The van der Waals surface area contributed by atoms with Crippen LogP contribution in [0.15, 0.2) is 46.9 Å². The molecule has 2 aromatic rings. The summed E-state index contributed by atoms with van der Waals surface area (Å²) in [6.07, 6.45) is 0.588. The first-order chi connectivity index (χ1) is 10.6. The van der Waals surface area contributed by atoms with Crippen molar-refractivity contribution in [3.8, 4) is 5.75 Å². The Morgan fingerprint density at radius 2 is 1.95 bits per heavy atom. The molecular formula is C16H15BrN2O3. The molecule has 0 aliphatic carbocycles. The second-order valence-corrected chi connectivity index (χ2v) is 5.28. The Bertz CT molecular complexity index is 672. The van der Waals surface area contributed by atoms with Crippen molar-refractivity contribution in [2.75, 3.05) is 17.2 Å². The van der Waals surface area contributed by atoms with Gasteiger partial charge >= 0.3 is 0 Å². The zero-order chi connectivity index (χ0) is 15.9. The molecule has 0 saturated heterocycles. The van der Waals surface area contributed by atoms with Gasteiger partial charge < -0.3 is 15.4 Å². The summed E-state index contributed by atoms with van der Waals surface area (Å²) in [5.41, 5.74) is 1.71. The van der Waals surface area contributed by atoms with E-state index in [1.54, 1.807) is 36.4 Å². The van der Waals surface area contributed by atoms with Gasteiger partial charge in [-0.15, -0.1) is 0 Å². The summed E-state index contributed by atoms with van der Waals surface area (Å²) in [6.45, 7) is 2.39. The van der Waals surface area contributed by atoms with E-state index in [0.717, 1.165) is 4.47 Å². The molecule has 114 valence electrons. The predicted octanol–water partition coefficient (Wildman–Crippen LogP) is 3.67. The summed E-state index contributed by atoms with van der Waals surface area (Å²) in [4.78, 5) is 22.6. The van der Waals surface area contributed by atoms with E-state index < -0.39 is 0 Å². The average molecular weight is 363 g/mol. The fourth-order valence-electron chi connectivity index (χ4n) is 1.86. The maximum atomic E-state index is 12.3. The Kier molecular flexibility index (Phi) is 5.55. The van der Waals surface area contributed by atoms with Gasteiger partial charge in [-0.25, -0.2) is 0 Å². The second kappa shape index (κ2) is 7.61. The molecule has 0 aliphatic heterocycles. The van der Waals surface area contributed by atoms with Gasteiger partial charge in [0.1, 0.15) is 5.75 Å². The monoisotopic (exact) mass is 362 g/mol. The van der Waals surface area contributed by atoms with Crippen LogP contribution in [0.4, 0.5) is 11.4 Å². The molecular weight excluding hydrogens is 348 g/mol. The van der Waals surface area contributed by atoms with E-state index >= 15 is 0 Å². The minimum atomic E-state index is -0.253. The van der Waals surface area contributed by atoms with E-state index in [1.807, 2.05) is 13.0 Å². The molecule has 2 N–H and O–H groups in total. The molecule has 2 aromatic carbocycles. The smallest absolute Gasteiger partial charge is 0.255 e. The van der Waals surface area contributed by atoms with Crippen LogP contribution in [0.1, 0.15) is 17.3 Å². The first kappa shape index (κ1) is 16.0. The summed E-state index contributed by atoms with van der Waals surface area (Å²) in [5, 5.41) is 5.34. The number of benzene rings is 2. The van der Waals surface area contributed by atoms with Crippen molar-refractivity contribution in [1.82, 2.24) is 0 Å². The number of rotatable bonds is 6. The lowest BCUT2D eigenvalue weighted by atomic mass is 10.2. The van der Waals surface area contributed by atoms with Crippen LogP contribution in [0.5, 0.6) is 5.75 Å². The Balaban J connectivity index is 2.17. The third-order valence-electron chi connectivity index (χ3n) is 2.86. The Hall–Kier alpha value is -2.34. The van der Waals surface area contributed by atoms with Crippen LogP contribution in [0.2, 0.25) is 0 Å². The number of anilines is 2. The lowest BCUT2D eigenvalue weighted by Crippen LogP contribution is -2.13. The van der Waals surface area contributed by atoms with Crippen molar-refractivity contribution < 1.29 is 14.3 Å². The van der Waals surface area contributed by atoms with Crippen molar-refractivity contribution in [1.29, 1.82) is 0 Å². The van der Waals surface area contributed by atoms with Crippen LogP contribution in [-0.2, 0) is 4.79 Å². The molecule has 0 spiro atoms. The molecule has 0 aromatic heterocycles. The molecule has 0 fully saturated rings. The first-order valence-corrected chi connectivity index (χ1v) is 7.47. The summed E-state index contributed by atoms with van der Waals surface area (Å²) in [7, 11) is 0. The van der Waals surface area contributed by atoms with E-state index in [9.17, 15) is 9.59 Å². The van der Waals surface area contributed by atoms with Gasteiger partial charge in [0.05, 0.1) is 12.3 Å². The lowest BCUT2D eigenvalue weighted by Gasteiger charge is -2.12. The highest BCUT2D eigenvalue weighted by atomic mass is 79.9. The summed E-state index contributed by atoms with van der Waals surface area (Å²) in [6, 6.07) is 12.0. The fourth-order valence-corrected chi connectivity index (χ4v) is 2.22. The normalized spacial score (nSPS) is 9.91. The fraction of sp³-hybridized carbons (Fsp3) is 0.125.